The molecule has 0 aliphatic heterocycles. The fraction of sp³-hybridized carbons (Fsp3) is 0.0145. The molecule has 0 saturated heterocycles. The number of hydrogen-bond donors (Lipinski definition) is 0. The minimum absolute atomic E-state index is 0.640. The first-order valence-corrected chi connectivity index (χ1v) is 24.5. The van der Waals surface area contributed by atoms with Gasteiger partial charge < -0.3 is 9.80 Å². The highest BCUT2D eigenvalue weighted by Gasteiger charge is 2.47. The molecular formula is C69H48N2. The van der Waals surface area contributed by atoms with Gasteiger partial charge in [0.25, 0.3) is 0 Å². The Labute approximate surface area is 415 Å². The number of hydrogen-bond acceptors (Lipinski definition) is 2. The second-order valence-corrected chi connectivity index (χ2v) is 18.4. The summed E-state index contributed by atoms with van der Waals surface area (Å²) < 4.78 is 0. The van der Waals surface area contributed by atoms with E-state index in [2.05, 4.69) is 301 Å². The lowest BCUT2D eigenvalue weighted by Gasteiger charge is -2.35. The minimum Gasteiger partial charge on any atom is -0.310 e. The van der Waals surface area contributed by atoms with Crippen LogP contribution in [0.15, 0.2) is 291 Å². The summed E-state index contributed by atoms with van der Waals surface area (Å²) in [6.07, 6.45) is 0. The molecule has 0 fully saturated rings. The summed E-state index contributed by atoms with van der Waals surface area (Å²) in [6, 6.07) is 107. The first-order valence-electron chi connectivity index (χ1n) is 24.5. The minimum atomic E-state index is -0.640. The monoisotopic (exact) mass is 904 g/mol. The Morgan fingerprint density at radius 3 is 0.873 bits per heavy atom. The van der Waals surface area contributed by atoms with Crippen LogP contribution in [0.2, 0.25) is 0 Å². The largest absolute Gasteiger partial charge is 0.310 e. The molecule has 1 aliphatic rings. The van der Waals surface area contributed by atoms with Gasteiger partial charge in [-0.05, 0) is 150 Å². The van der Waals surface area contributed by atoms with Crippen LogP contribution >= 0.6 is 0 Å². The number of nitrogens with zero attached hydrogens (tertiary/aromatic N) is 2. The summed E-state index contributed by atoms with van der Waals surface area (Å²) in [5, 5.41) is 4.99. The van der Waals surface area contributed by atoms with Crippen molar-refractivity contribution in [2.24, 2.45) is 0 Å². The highest BCUT2D eigenvalue weighted by molar-refractivity contribution is 6.21. The van der Waals surface area contributed by atoms with E-state index in [0.717, 1.165) is 34.1 Å². The van der Waals surface area contributed by atoms with Gasteiger partial charge in [-0.15, -0.1) is 0 Å². The number of fused-ring (bicyclic) bond motifs is 5. The topological polar surface area (TPSA) is 6.48 Å². The molecule has 12 aromatic rings. The van der Waals surface area contributed by atoms with Gasteiger partial charge in [0, 0.05) is 34.1 Å². The van der Waals surface area contributed by atoms with Gasteiger partial charge in [-0.3, -0.25) is 0 Å². The molecule has 1 aliphatic carbocycles. The van der Waals surface area contributed by atoms with Crippen molar-refractivity contribution in [3.63, 3.8) is 0 Å². The predicted octanol–water partition coefficient (Wildman–Crippen LogP) is 18.6. The van der Waals surface area contributed by atoms with Crippen molar-refractivity contribution < 1.29 is 0 Å². The zero-order valence-corrected chi connectivity index (χ0v) is 39.1. The molecule has 0 heterocycles. The molecule has 334 valence electrons. The van der Waals surface area contributed by atoms with Crippen LogP contribution in [-0.2, 0) is 5.41 Å². The number of rotatable bonds is 10. The predicted molar refractivity (Wildman–Crippen MR) is 299 cm³/mol. The van der Waals surface area contributed by atoms with Gasteiger partial charge >= 0.3 is 0 Å². The van der Waals surface area contributed by atoms with Crippen molar-refractivity contribution in [2.45, 2.75) is 5.41 Å². The molecule has 0 saturated carbocycles. The summed E-state index contributed by atoms with van der Waals surface area (Å²) in [7, 11) is 0. The number of anilines is 6. The molecule has 2 heteroatoms. The van der Waals surface area contributed by atoms with Gasteiger partial charge in [0.2, 0.25) is 0 Å². The van der Waals surface area contributed by atoms with Crippen LogP contribution in [0.1, 0.15) is 22.3 Å². The second-order valence-electron chi connectivity index (χ2n) is 18.4. The molecule has 0 bridgehead atoms. The third-order valence-corrected chi connectivity index (χ3v) is 14.5. The Bertz CT molecular complexity index is 3700. The summed E-state index contributed by atoms with van der Waals surface area (Å²) in [6.45, 7) is 0. The van der Waals surface area contributed by atoms with Crippen molar-refractivity contribution in [1.82, 2.24) is 0 Å². The van der Waals surface area contributed by atoms with Crippen molar-refractivity contribution in [3.05, 3.63) is 313 Å². The second kappa shape index (κ2) is 17.7. The van der Waals surface area contributed by atoms with E-state index in [4.69, 9.17) is 0 Å². The van der Waals surface area contributed by atoms with E-state index in [-0.39, 0.29) is 0 Å². The zero-order valence-electron chi connectivity index (χ0n) is 39.1. The van der Waals surface area contributed by atoms with Crippen molar-refractivity contribution in [1.29, 1.82) is 0 Å². The standard InChI is InChI=1S/C69H48N2/c1-7-23-49(24-8-1)67-61-35-19-21-37-63(61)68(64-38-22-20-36-62(64)67)50-39-41-56(42-40-50)71(55-33-17-6-18-34-55)58-44-46-60-59-45-43-57(70(53-29-13-4-14-30-53)54-31-15-5-16-32-54)47-65(59)69(66(60)48-58,51-25-9-2-10-26-51)52-27-11-3-12-28-52/h1-48H. The summed E-state index contributed by atoms with van der Waals surface area (Å²) >= 11 is 0. The Morgan fingerprint density at radius 2 is 0.507 bits per heavy atom. The molecule has 0 amide bonds. The maximum Gasteiger partial charge on any atom is 0.0715 e. The number of para-hydroxylation sites is 3. The van der Waals surface area contributed by atoms with E-state index in [1.165, 1.54) is 77.2 Å². The third-order valence-electron chi connectivity index (χ3n) is 14.5. The van der Waals surface area contributed by atoms with Gasteiger partial charge in [-0.1, -0.05) is 218 Å². The maximum atomic E-state index is 2.46. The van der Waals surface area contributed by atoms with E-state index in [9.17, 15) is 0 Å². The van der Waals surface area contributed by atoms with Crippen molar-refractivity contribution >= 4 is 55.7 Å². The van der Waals surface area contributed by atoms with Crippen LogP contribution in [0.3, 0.4) is 0 Å². The van der Waals surface area contributed by atoms with E-state index in [1.54, 1.807) is 0 Å². The van der Waals surface area contributed by atoms with Crippen molar-refractivity contribution in [2.75, 3.05) is 9.80 Å². The van der Waals surface area contributed by atoms with Crippen molar-refractivity contribution in [3.8, 4) is 33.4 Å². The third kappa shape index (κ3) is 7.03. The van der Waals surface area contributed by atoms with Gasteiger partial charge in [0.1, 0.15) is 0 Å². The van der Waals surface area contributed by atoms with E-state index >= 15 is 0 Å². The lowest BCUT2D eigenvalue weighted by molar-refractivity contribution is 0.768. The fourth-order valence-electron chi connectivity index (χ4n) is 11.5. The molecule has 2 nitrogen and oxygen atoms in total. The molecule has 0 aromatic heterocycles. The molecule has 0 N–H and O–H groups in total. The van der Waals surface area contributed by atoms with Gasteiger partial charge in [-0.25, -0.2) is 0 Å². The van der Waals surface area contributed by atoms with E-state index in [1.807, 2.05) is 0 Å². The highest BCUT2D eigenvalue weighted by Crippen LogP contribution is 2.58. The lowest BCUT2D eigenvalue weighted by atomic mass is 9.67. The lowest BCUT2D eigenvalue weighted by Crippen LogP contribution is -2.29. The van der Waals surface area contributed by atoms with Crippen LogP contribution in [-0.4, -0.2) is 0 Å². The average Bonchev–Trinajstić information content (AvgIpc) is 3.74. The van der Waals surface area contributed by atoms with Crippen LogP contribution in [0.4, 0.5) is 34.1 Å². The van der Waals surface area contributed by atoms with Gasteiger partial charge in [0.05, 0.1) is 5.41 Å². The first-order chi connectivity index (χ1) is 35.3. The molecule has 0 radical (unpaired) electrons. The SMILES string of the molecule is c1ccc(-c2c3ccccc3c(-c3ccc(N(c4ccccc4)c4ccc5c(c4)C(c4ccccc4)(c4ccccc4)c4cc(N(c6ccccc6)c6ccccc6)ccc4-5)cc3)c3ccccc23)cc1. The quantitative estimate of drug-likeness (QED) is 0.126. The summed E-state index contributed by atoms with van der Waals surface area (Å²) in [4.78, 5) is 4.79. The Morgan fingerprint density at radius 1 is 0.225 bits per heavy atom. The first kappa shape index (κ1) is 41.9. The highest BCUT2D eigenvalue weighted by atomic mass is 15.1. The fourth-order valence-corrected chi connectivity index (χ4v) is 11.5. The summed E-state index contributed by atoms with van der Waals surface area (Å²) in [5.74, 6) is 0. The summed E-state index contributed by atoms with van der Waals surface area (Å²) in [5.41, 5.74) is 18.3. The van der Waals surface area contributed by atoms with Crippen LogP contribution in [0.25, 0.3) is 54.9 Å². The number of benzene rings is 12. The molecule has 0 unspecified atom stereocenters. The normalized spacial score (nSPS) is 12.3. The molecule has 0 atom stereocenters. The molecule has 71 heavy (non-hydrogen) atoms. The van der Waals surface area contributed by atoms with Crippen LogP contribution in [0, 0.1) is 0 Å². The van der Waals surface area contributed by atoms with E-state index < -0.39 is 5.41 Å². The van der Waals surface area contributed by atoms with Gasteiger partial charge in [0.15, 0.2) is 0 Å². The molecular weight excluding hydrogens is 857 g/mol. The Kier molecular flexibility index (Phi) is 10.4. The van der Waals surface area contributed by atoms with Gasteiger partial charge in [-0.2, -0.15) is 0 Å². The molecule has 0 spiro atoms. The zero-order chi connectivity index (χ0) is 47.1. The molecule has 13 rings (SSSR count). The smallest absolute Gasteiger partial charge is 0.0715 e. The maximum absolute atomic E-state index is 2.46. The molecule has 12 aromatic carbocycles. The van der Waals surface area contributed by atoms with E-state index in [0.29, 0.717) is 0 Å². The Hall–Kier alpha value is -9.24. The average molecular weight is 905 g/mol. The van der Waals surface area contributed by atoms with Crippen LogP contribution in [0.5, 0.6) is 0 Å². The Balaban J connectivity index is 1.000. The van der Waals surface area contributed by atoms with Crippen LogP contribution < -0.4 is 9.80 Å².